The molecule has 1 fully saturated rings. The number of thioether (sulfide) groups is 1. The van der Waals surface area contributed by atoms with E-state index in [-0.39, 0.29) is 40.1 Å². The van der Waals surface area contributed by atoms with E-state index in [1.165, 1.54) is 11.8 Å². The molecule has 1 atom stereocenters. The first-order valence-electron chi connectivity index (χ1n) is 5.90. The number of alkyl halides is 3. The molecule has 1 unspecified atom stereocenters. The highest BCUT2D eigenvalue weighted by Crippen LogP contribution is 2.35. The number of aromatic nitrogens is 1. The van der Waals surface area contributed by atoms with Crippen molar-refractivity contribution in [3.63, 3.8) is 0 Å². The number of pyridine rings is 1. The lowest BCUT2D eigenvalue weighted by Gasteiger charge is -2.18. The molecule has 114 valence electrons. The minimum absolute atomic E-state index is 0.119. The van der Waals surface area contributed by atoms with Crippen molar-refractivity contribution >= 4 is 40.1 Å². The molecule has 0 N–H and O–H groups in total. The third kappa shape index (κ3) is 3.68. The summed E-state index contributed by atoms with van der Waals surface area (Å²) in [5.74, 6) is -0.294. The predicted octanol–water partition coefficient (Wildman–Crippen LogP) is 3.14. The highest BCUT2D eigenvalue weighted by molar-refractivity contribution is 8.14. The van der Waals surface area contributed by atoms with Gasteiger partial charge in [0, 0.05) is 25.1 Å². The Morgan fingerprint density at radius 2 is 2.14 bits per heavy atom. The van der Waals surface area contributed by atoms with E-state index in [1.807, 2.05) is 0 Å². The zero-order valence-electron chi connectivity index (χ0n) is 10.8. The smallest absolute Gasteiger partial charge is 0.308 e. The summed E-state index contributed by atoms with van der Waals surface area (Å²) in [6.07, 6.45) is -4.45. The van der Waals surface area contributed by atoms with E-state index in [9.17, 15) is 22.8 Å². The molecule has 1 aromatic rings. The molecule has 9 heteroatoms. The van der Waals surface area contributed by atoms with Gasteiger partial charge in [0.15, 0.2) is 10.3 Å². The zero-order valence-corrected chi connectivity index (χ0v) is 12.3. The first kappa shape index (κ1) is 16.1. The van der Waals surface area contributed by atoms with E-state index in [0.717, 1.165) is 23.9 Å². The topological polar surface area (TPSA) is 50.3 Å². The van der Waals surface area contributed by atoms with Gasteiger partial charge in [-0.3, -0.25) is 9.59 Å². The quantitative estimate of drug-likeness (QED) is 0.777. The van der Waals surface area contributed by atoms with Crippen LogP contribution in [0, 0.1) is 0 Å². The maximum atomic E-state index is 12.5. The van der Waals surface area contributed by atoms with E-state index in [2.05, 4.69) is 4.98 Å². The Labute approximate surface area is 127 Å². The van der Waals surface area contributed by atoms with Crippen LogP contribution in [-0.4, -0.2) is 27.8 Å². The lowest BCUT2D eigenvalue weighted by molar-refractivity contribution is -0.141. The van der Waals surface area contributed by atoms with E-state index in [0.29, 0.717) is 0 Å². The average molecular weight is 339 g/mol. The summed E-state index contributed by atoms with van der Waals surface area (Å²) in [7, 11) is 0. The number of carbonyl (C=O) groups is 2. The number of halogens is 4. The fourth-order valence-corrected chi connectivity index (χ4v) is 3.18. The number of hydrogen-bond donors (Lipinski definition) is 0. The number of amides is 1. The van der Waals surface area contributed by atoms with Crippen molar-refractivity contribution in [2.45, 2.75) is 24.8 Å². The number of anilines is 1. The van der Waals surface area contributed by atoms with E-state index < -0.39 is 11.9 Å². The van der Waals surface area contributed by atoms with Gasteiger partial charge in [0.1, 0.15) is 5.69 Å². The van der Waals surface area contributed by atoms with Gasteiger partial charge >= 0.3 is 6.18 Å². The number of rotatable bonds is 2. The van der Waals surface area contributed by atoms with Crippen LogP contribution in [0.5, 0.6) is 0 Å². The van der Waals surface area contributed by atoms with Crippen LogP contribution >= 0.6 is 23.4 Å². The number of nitrogens with zero attached hydrogens (tertiary/aromatic N) is 2. The Morgan fingerprint density at radius 3 is 2.67 bits per heavy atom. The van der Waals surface area contributed by atoms with Crippen molar-refractivity contribution < 1.29 is 22.8 Å². The lowest BCUT2D eigenvalue weighted by Crippen LogP contribution is -2.26. The van der Waals surface area contributed by atoms with Crippen molar-refractivity contribution in [2.75, 3.05) is 11.4 Å². The summed E-state index contributed by atoms with van der Waals surface area (Å²) in [4.78, 5) is 27.5. The summed E-state index contributed by atoms with van der Waals surface area (Å²) in [5, 5.41) is -0.730. The molecular formula is C12H10ClF3N2O2S. The van der Waals surface area contributed by atoms with Crippen LogP contribution in [0.3, 0.4) is 0 Å². The molecule has 0 aromatic carbocycles. The molecule has 1 aliphatic heterocycles. The molecule has 0 bridgehead atoms. The third-order valence-corrected chi connectivity index (χ3v) is 4.09. The summed E-state index contributed by atoms with van der Waals surface area (Å²) < 4.78 is 37.5. The summed E-state index contributed by atoms with van der Waals surface area (Å²) in [6, 6.07) is 1.90. The van der Waals surface area contributed by atoms with Crippen LogP contribution in [-0.2, 0) is 15.8 Å². The molecule has 1 saturated heterocycles. The van der Waals surface area contributed by atoms with Crippen molar-refractivity contribution in [1.82, 2.24) is 4.98 Å². The van der Waals surface area contributed by atoms with E-state index in [1.54, 1.807) is 0 Å². The Balaban J connectivity index is 2.23. The van der Waals surface area contributed by atoms with Crippen molar-refractivity contribution in [3.05, 3.63) is 23.0 Å². The molecule has 0 aliphatic carbocycles. The highest BCUT2D eigenvalue weighted by atomic mass is 35.5. The molecule has 2 rings (SSSR count). The highest BCUT2D eigenvalue weighted by Gasteiger charge is 2.36. The van der Waals surface area contributed by atoms with Crippen LogP contribution in [0.1, 0.15) is 19.0 Å². The molecule has 0 spiro atoms. The zero-order chi connectivity index (χ0) is 15.8. The van der Waals surface area contributed by atoms with Gasteiger partial charge < -0.3 is 4.90 Å². The third-order valence-electron chi connectivity index (χ3n) is 2.83. The summed E-state index contributed by atoms with van der Waals surface area (Å²) in [6.45, 7) is 1.61. The second-order valence-electron chi connectivity index (χ2n) is 4.44. The first-order valence-corrected chi connectivity index (χ1v) is 7.15. The Bertz CT molecular complexity index is 594. The predicted molar refractivity (Wildman–Crippen MR) is 73.3 cm³/mol. The molecule has 4 nitrogen and oxygen atoms in total. The molecule has 1 amide bonds. The second kappa shape index (κ2) is 5.84. The fraction of sp³-hybridized carbons (Fsp3) is 0.417. The van der Waals surface area contributed by atoms with E-state index >= 15 is 0 Å². The van der Waals surface area contributed by atoms with Crippen molar-refractivity contribution in [3.8, 4) is 0 Å². The minimum atomic E-state index is -4.59. The van der Waals surface area contributed by atoms with Crippen molar-refractivity contribution in [2.24, 2.45) is 0 Å². The summed E-state index contributed by atoms with van der Waals surface area (Å²) >= 11 is 6.79. The maximum absolute atomic E-state index is 12.5. The molecule has 0 saturated carbocycles. The first-order chi connectivity index (χ1) is 9.68. The van der Waals surface area contributed by atoms with Gasteiger partial charge in [-0.2, -0.15) is 13.2 Å². The Morgan fingerprint density at radius 1 is 1.48 bits per heavy atom. The van der Waals surface area contributed by atoms with Crippen LogP contribution in [0.2, 0.25) is 5.15 Å². The largest absolute Gasteiger partial charge is 0.433 e. The number of carbonyl (C=O) groups excluding carboxylic acids is 2. The molecule has 0 radical (unpaired) electrons. The average Bonchev–Trinajstić information content (AvgIpc) is 2.67. The molecule has 1 aliphatic rings. The van der Waals surface area contributed by atoms with Gasteiger partial charge in [-0.15, -0.1) is 0 Å². The van der Waals surface area contributed by atoms with Gasteiger partial charge in [0.25, 0.3) is 0 Å². The monoisotopic (exact) mass is 338 g/mol. The summed E-state index contributed by atoms with van der Waals surface area (Å²) in [5.41, 5.74) is -0.987. The van der Waals surface area contributed by atoms with E-state index in [4.69, 9.17) is 11.6 Å². The maximum Gasteiger partial charge on any atom is 0.433 e. The van der Waals surface area contributed by atoms with Crippen LogP contribution in [0.15, 0.2) is 12.1 Å². The Hall–Kier alpha value is -1.28. The van der Waals surface area contributed by atoms with Gasteiger partial charge in [-0.1, -0.05) is 23.4 Å². The minimum Gasteiger partial charge on any atom is -0.308 e. The molecule has 1 aromatic heterocycles. The van der Waals surface area contributed by atoms with Crippen LogP contribution < -0.4 is 4.90 Å². The molecule has 21 heavy (non-hydrogen) atoms. The second-order valence-corrected chi connectivity index (χ2v) is 6.28. The van der Waals surface area contributed by atoms with Gasteiger partial charge in [-0.25, -0.2) is 4.98 Å². The SMILES string of the molecule is CC(=O)SC1CC(=O)N(c2ccc(C(F)(F)F)nc2Cl)C1. The van der Waals surface area contributed by atoms with Crippen molar-refractivity contribution in [1.29, 1.82) is 0 Å². The van der Waals surface area contributed by atoms with Gasteiger partial charge in [0.05, 0.1) is 5.69 Å². The standard InChI is InChI=1S/C12H10ClF3N2O2S/c1-6(19)21-7-4-10(20)18(5-7)8-2-3-9(12(14,15)16)17-11(8)13/h2-3,7H,4-5H2,1H3. The normalized spacial score (nSPS) is 19.2. The lowest BCUT2D eigenvalue weighted by atomic mass is 10.3. The van der Waals surface area contributed by atoms with Gasteiger partial charge in [-0.05, 0) is 12.1 Å². The van der Waals surface area contributed by atoms with Crippen LogP contribution in [0.4, 0.5) is 18.9 Å². The molecular weight excluding hydrogens is 329 g/mol. The number of hydrogen-bond acceptors (Lipinski definition) is 4. The fourth-order valence-electron chi connectivity index (χ4n) is 2.01. The van der Waals surface area contributed by atoms with Crippen LogP contribution in [0.25, 0.3) is 0 Å². The van der Waals surface area contributed by atoms with Gasteiger partial charge in [0.2, 0.25) is 5.91 Å². The molecule has 2 heterocycles. The Kier molecular flexibility index (Phi) is 4.48.